The Hall–Kier alpha value is -3.07. The van der Waals surface area contributed by atoms with Crippen molar-refractivity contribution >= 4 is 40.3 Å². The number of fused-ring (bicyclic) bond motifs is 1. The monoisotopic (exact) mass is 527 g/mol. The zero-order valence-electron chi connectivity index (χ0n) is 19.8. The first-order valence-corrected chi connectivity index (χ1v) is 12.7. The molecule has 10 heteroatoms. The molecule has 1 unspecified atom stereocenters. The van der Waals surface area contributed by atoms with Gasteiger partial charge in [0.1, 0.15) is 24.7 Å². The number of pyridine rings is 2. The van der Waals surface area contributed by atoms with Crippen molar-refractivity contribution in [2.75, 3.05) is 30.4 Å². The Bertz CT molecular complexity index is 1250. The van der Waals surface area contributed by atoms with Gasteiger partial charge in [-0.25, -0.2) is 4.98 Å². The molecular weight excluding hydrogens is 501 g/mol. The largest absolute Gasteiger partial charge is 0.486 e. The van der Waals surface area contributed by atoms with Gasteiger partial charge in [0.2, 0.25) is 5.88 Å². The fraction of sp³-hybridized carbons (Fsp3) is 0.346. The highest BCUT2D eigenvalue weighted by Gasteiger charge is 2.21. The Morgan fingerprint density at radius 1 is 1.17 bits per heavy atom. The van der Waals surface area contributed by atoms with Gasteiger partial charge in [0.15, 0.2) is 0 Å². The van der Waals surface area contributed by atoms with Gasteiger partial charge in [0.05, 0.1) is 21.4 Å². The average Bonchev–Trinajstić information content (AvgIpc) is 2.89. The SMILES string of the molecule is C[C@@H](Oc1ccc(NC2CCCCO2)c(C(=N)c2cnc3c(c2)NCCO3)c1)c1c(Cl)cncc1Cl. The van der Waals surface area contributed by atoms with Crippen LogP contribution in [0.1, 0.15) is 49.0 Å². The maximum absolute atomic E-state index is 9.06. The normalized spacial score (nSPS) is 17.8. The second kappa shape index (κ2) is 10.9. The first-order valence-electron chi connectivity index (χ1n) is 11.9. The lowest BCUT2D eigenvalue weighted by molar-refractivity contribution is 0.0343. The molecule has 0 bridgehead atoms. The molecular formula is C26H27Cl2N5O3. The van der Waals surface area contributed by atoms with E-state index in [1.165, 1.54) is 0 Å². The van der Waals surface area contributed by atoms with E-state index in [9.17, 15) is 0 Å². The van der Waals surface area contributed by atoms with Gasteiger partial charge < -0.3 is 24.8 Å². The number of rotatable bonds is 7. The molecule has 2 aliphatic rings. The lowest BCUT2D eigenvalue weighted by Gasteiger charge is -2.26. The molecule has 5 rings (SSSR count). The summed E-state index contributed by atoms with van der Waals surface area (Å²) in [6, 6.07) is 7.50. The van der Waals surface area contributed by atoms with Crippen molar-refractivity contribution in [3.8, 4) is 11.6 Å². The van der Waals surface area contributed by atoms with E-state index in [2.05, 4.69) is 20.6 Å². The van der Waals surface area contributed by atoms with Crippen molar-refractivity contribution < 1.29 is 14.2 Å². The van der Waals surface area contributed by atoms with Gasteiger partial charge >= 0.3 is 0 Å². The van der Waals surface area contributed by atoms with Crippen molar-refractivity contribution in [2.45, 2.75) is 38.5 Å². The molecule has 2 aromatic heterocycles. The molecule has 3 aromatic rings. The summed E-state index contributed by atoms with van der Waals surface area (Å²) in [7, 11) is 0. The fourth-order valence-corrected chi connectivity index (χ4v) is 5.02. The van der Waals surface area contributed by atoms with Crippen molar-refractivity contribution in [2.24, 2.45) is 0 Å². The smallest absolute Gasteiger partial charge is 0.237 e. The predicted octanol–water partition coefficient (Wildman–Crippen LogP) is 6.08. The van der Waals surface area contributed by atoms with Crippen molar-refractivity contribution in [1.82, 2.24) is 9.97 Å². The second-order valence-electron chi connectivity index (χ2n) is 8.71. The zero-order valence-corrected chi connectivity index (χ0v) is 21.3. The molecule has 1 fully saturated rings. The molecule has 0 amide bonds. The summed E-state index contributed by atoms with van der Waals surface area (Å²) in [6.45, 7) is 3.85. The van der Waals surface area contributed by atoms with Crippen LogP contribution in [0.2, 0.25) is 10.0 Å². The predicted molar refractivity (Wildman–Crippen MR) is 141 cm³/mol. The summed E-state index contributed by atoms with van der Waals surface area (Å²) in [4.78, 5) is 8.42. The van der Waals surface area contributed by atoms with Crippen molar-refractivity contribution in [3.63, 3.8) is 0 Å². The Kier molecular flexibility index (Phi) is 7.46. The quantitative estimate of drug-likeness (QED) is 0.320. The minimum atomic E-state index is -0.428. The van der Waals surface area contributed by atoms with Crippen LogP contribution in [-0.2, 0) is 4.74 Å². The molecule has 0 spiro atoms. The number of anilines is 2. The summed E-state index contributed by atoms with van der Waals surface area (Å²) < 4.78 is 17.7. The average molecular weight is 528 g/mol. The highest BCUT2D eigenvalue weighted by molar-refractivity contribution is 6.35. The van der Waals surface area contributed by atoms with Crippen LogP contribution >= 0.6 is 23.2 Å². The molecule has 188 valence electrons. The van der Waals surface area contributed by atoms with Crippen LogP contribution in [0.3, 0.4) is 0 Å². The van der Waals surface area contributed by atoms with Gasteiger partial charge in [-0.05, 0) is 50.5 Å². The third-order valence-electron chi connectivity index (χ3n) is 6.16. The molecule has 1 saturated heterocycles. The summed E-state index contributed by atoms with van der Waals surface area (Å²) in [5.41, 5.74) is 3.84. The van der Waals surface area contributed by atoms with Crippen LogP contribution in [-0.4, -0.2) is 41.7 Å². The lowest BCUT2D eigenvalue weighted by atomic mass is 10.0. The van der Waals surface area contributed by atoms with Gasteiger partial charge in [-0.1, -0.05) is 23.2 Å². The lowest BCUT2D eigenvalue weighted by Crippen LogP contribution is -2.28. The molecule has 1 aromatic carbocycles. The van der Waals surface area contributed by atoms with E-state index in [-0.39, 0.29) is 6.23 Å². The molecule has 0 saturated carbocycles. The standard InChI is InChI=1S/C26H27Cl2N5O3/c1-15(24-19(27)13-30-14-20(24)28)36-17-5-6-21(33-23-4-2-3-8-34-23)18(11-17)25(29)16-10-22-26(32-12-16)35-9-7-31-22/h5-6,10-15,23,29,31,33H,2-4,7-9H2,1H3/t15-,23?/m1/s1. The number of ether oxygens (including phenoxy) is 3. The van der Waals surface area contributed by atoms with Gasteiger partial charge in [-0.3, -0.25) is 10.4 Å². The third-order valence-corrected chi connectivity index (χ3v) is 6.76. The van der Waals surface area contributed by atoms with Crippen molar-refractivity contribution in [1.29, 1.82) is 5.41 Å². The second-order valence-corrected chi connectivity index (χ2v) is 9.53. The Morgan fingerprint density at radius 2 is 2.00 bits per heavy atom. The molecule has 8 nitrogen and oxygen atoms in total. The van der Waals surface area contributed by atoms with Gasteiger partial charge in [0, 0.05) is 54.1 Å². The topological polar surface area (TPSA) is 101 Å². The number of hydrogen-bond donors (Lipinski definition) is 3. The summed E-state index contributed by atoms with van der Waals surface area (Å²) in [5, 5.41) is 16.7. The minimum Gasteiger partial charge on any atom is -0.486 e. The van der Waals surface area contributed by atoms with E-state index in [0.717, 1.165) is 37.2 Å². The summed E-state index contributed by atoms with van der Waals surface area (Å²) >= 11 is 12.7. The number of nitrogens with zero attached hydrogens (tertiary/aromatic N) is 2. The maximum atomic E-state index is 9.06. The van der Waals surface area contributed by atoms with Crippen molar-refractivity contribution in [3.05, 3.63) is 69.6 Å². The summed E-state index contributed by atoms with van der Waals surface area (Å²) in [6.07, 6.45) is 7.26. The Labute approximate surface area is 219 Å². The number of aromatic nitrogens is 2. The van der Waals surface area contributed by atoms with Crippen LogP contribution in [0.5, 0.6) is 11.6 Å². The molecule has 36 heavy (non-hydrogen) atoms. The van der Waals surface area contributed by atoms with E-state index >= 15 is 0 Å². The van der Waals surface area contributed by atoms with Crippen LogP contribution in [0, 0.1) is 5.41 Å². The first-order chi connectivity index (χ1) is 17.5. The number of nitrogens with one attached hydrogen (secondary N) is 3. The molecule has 3 N–H and O–H groups in total. The number of hydrogen-bond acceptors (Lipinski definition) is 8. The van der Waals surface area contributed by atoms with E-state index in [1.807, 2.05) is 31.2 Å². The van der Waals surface area contributed by atoms with Crippen LogP contribution < -0.4 is 20.1 Å². The van der Waals surface area contributed by atoms with Gasteiger partial charge in [-0.15, -0.1) is 0 Å². The molecule has 2 aliphatic heterocycles. The molecule has 4 heterocycles. The molecule has 2 atom stereocenters. The summed E-state index contributed by atoms with van der Waals surface area (Å²) in [5.74, 6) is 1.12. The highest BCUT2D eigenvalue weighted by Crippen LogP contribution is 2.35. The Morgan fingerprint density at radius 3 is 2.78 bits per heavy atom. The van der Waals surface area contributed by atoms with E-state index < -0.39 is 6.10 Å². The molecule has 0 aliphatic carbocycles. The maximum Gasteiger partial charge on any atom is 0.237 e. The van der Waals surface area contributed by atoms with E-state index in [1.54, 1.807) is 18.6 Å². The molecule has 0 radical (unpaired) electrons. The third kappa shape index (κ3) is 5.36. The minimum absolute atomic E-state index is 0.109. The van der Waals surface area contributed by atoms with Crippen LogP contribution in [0.15, 0.2) is 42.9 Å². The van der Waals surface area contributed by atoms with E-state index in [4.69, 9.17) is 42.8 Å². The highest BCUT2D eigenvalue weighted by atomic mass is 35.5. The zero-order chi connectivity index (χ0) is 25.1. The Balaban J connectivity index is 1.47. The van der Waals surface area contributed by atoms with E-state index in [0.29, 0.717) is 57.2 Å². The number of benzene rings is 1. The van der Waals surface area contributed by atoms with Crippen LogP contribution in [0.4, 0.5) is 11.4 Å². The van der Waals surface area contributed by atoms with Gasteiger partial charge in [-0.2, -0.15) is 0 Å². The van der Waals surface area contributed by atoms with Crippen LogP contribution in [0.25, 0.3) is 0 Å². The van der Waals surface area contributed by atoms with Gasteiger partial charge in [0.25, 0.3) is 0 Å². The first kappa shape index (κ1) is 24.6. The fourth-order valence-electron chi connectivity index (χ4n) is 4.35. The number of halogens is 2.